The van der Waals surface area contributed by atoms with E-state index in [0.717, 1.165) is 17.8 Å². The Hall–Kier alpha value is -0.760. The van der Waals surface area contributed by atoms with Crippen molar-refractivity contribution in [2.45, 2.75) is 33.1 Å². The minimum atomic E-state index is 0.521. The van der Waals surface area contributed by atoms with Crippen LogP contribution < -0.4 is 4.90 Å². The van der Waals surface area contributed by atoms with Gasteiger partial charge in [0, 0.05) is 36.7 Å². The predicted octanol–water partition coefficient (Wildman–Crippen LogP) is 3.61. The number of hydrogen-bond donors (Lipinski definition) is 0. The van der Waals surface area contributed by atoms with Crippen molar-refractivity contribution in [3.8, 4) is 0 Å². The number of aryl methyl sites for hydroxylation is 1. The number of aromatic nitrogens is 1. The molecule has 0 aliphatic heterocycles. The first kappa shape index (κ1) is 13.3. The average molecular weight is 241 g/mol. The van der Waals surface area contributed by atoms with E-state index < -0.39 is 0 Å². The zero-order chi connectivity index (χ0) is 12.1. The van der Waals surface area contributed by atoms with Crippen LogP contribution in [0.2, 0.25) is 0 Å². The summed E-state index contributed by atoms with van der Waals surface area (Å²) < 4.78 is 0. The van der Waals surface area contributed by atoms with Gasteiger partial charge in [-0.25, -0.2) is 0 Å². The zero-order valence-electron chi connectivity index (χ0n) is 10.6. The summed E-state index contributed by atoms with van der Waals surface area (Å²) in [4.78, 5) is 6.56. The van der Waals surface area contributed by atoms with Gasteiger partial charge in [0.1, 0.15) is 0 Å². The molecule has 1 heterocycles. The molecule has 90 valence electrons. The molecule has 1 aromatic heterocycles. The molecule has 0 aliphatic rings. The number of halogens is 1. The fourth-order valence-corrected chi connectivity index (χ4v) is 1.93. The molecule has 1 rings (SSSR count). The molecule has 0 amide bonds. The molecule has 0 spiro atoms. The quantitative estimate of drug-likeness (QED) is 0.731. The number of anilines is 1. The van der Waals surface area contributed by atoms with Crippen LogP contribution in [0.15, 0.2) is 12.3 Å². The number of nitrogens with zero attached hydrogens (tertiary/aromatic N) is 2. The molecule has 3 heteroatoms. The van der Waals surface area contributed by atoms with Crippen molar-refractivity contribution in [3.05, 3.63) is 23.5 Å². The topological polar surface area (TPSA) is 16.1 Å². The third-order valence-electron chi connectivity index (χ3n) is 2.94. The second kappa shape index (κ2) is 6.09. The van der Waals surface area contributed by atoms with Gasteiger partial charge in [-0.3, -0.25) is 4.98 Å². The van der Waals surface area contributed by atoms with Crippen molar-refractivity contribution in [2.24, 2.45) is 5.92 Å². The van der Waals surface area contributed by atoms with E-state index in [1.54, 1.807) is 0 Å². The van der Waals surface area contributed by atoms with Crippen LogP contribution in [0.4, 0.5) is 5.69 Å². The van der Waals surface area contributed by atoms with Gasteiger partial charge >= 0.3 is 0 Å². The Morgan fingerprint density at radius 3 is 2.75 bits per heavy atom. The number of hydrogen-bond acceptors (Lipinski definition) is 2. The van der Waals surface area contributed by atoms with Gasteiger partial charge in [0.25, 0.3) is 0 Å². The first-order chi connectivity index (χ1) is 7.58. The van der Waals surface area contributed by atoms with E-state index in [4.69, 9.17) is 11.6 Å². The van der Waals surface area contributed by atoms with Crippen molar-refractivity contribution in [3.63, 3.8) is 0 Å². The van der Waals surface area contributed by atoms with Crippen molar-refractivity contribution in [1.29, 1.82) is 0 Å². The first-order valence-electron chi connectivity index (χ1n) is 5.81. The fourth-order valence-electron chi connectivity index (χ4n) is 1.73. The van der Waals surface area contributed by atoms with Crippen molar-refractivity contribution in [1.82, 2.24) is 4.98 Å². The third kappa shape index (κ3) is 3.38. The highest BCUT2D eigenvalue weighted by molar-refractivity contribution is 6.17. The van der Waals surface area contributed by atoms with Crippen LogP contribution >= 0.6 is 11.6 Å². The lowest BCUT2D eigenvalue weighted by molar-refractivity contribution is 0.559. The summed E-state index contributed by atoms with van der Waals surface area (Å²) in [5, 5.41) is 0. The van der Waals surface area contributed by atoms with Crippen LogP contribution in [0.1, 0.15) is 31.5 Å². The van der Waals surface area contributed by atoms with Crippen LogP contribution in [0.3, 0.4) is 0 Å². The summed E-state index contributed by atoms with van der Waals surface area (Å²) in [7, 11) is 2.12. The lowest BCUT2D eigenvalue weighted by Crippen LogP contribution is -2.24. The second-order valence-corrected chi connectivity index (χ2v) is 4.75. The molecule has 0 aliphatic carbocycles. The Bertz CT molecular complexity index is 339. The van der Waals surface area contributed by atoms with Crippen LogP contribution in [-0.2, 0) is 5.88 Å². The Balaban J connectivity index is 2.88. The molecule has 0 N–H and O–H groups in total. The van der Waals surface area contributed by atoms with Gasteiger partial charge in [0.05, 0.1) is 5.88 Å². The number of pyridine rings is 1. The molecule has 0 fully saturated rings. The molecule has 0 radical (unpaired) electrons. The molecule has 0 aromatic carbocycles. The van der Waals surface area contributed by atoms with E-state index in [1.807, 2.05) is 13.1 Å². The molecule has 0 saturated carbocycles. The van der Waals surface area contributed by atoms with Gasteiger partial charge in [-0.15, -0.1) is 11.6 Å². The summed E-state index contributed by atoms with van der Waals surface area (Å²) >= 11 is 5.93. The lowest BCUT2D eigenvalue weighted by atomic mass is 10.1. The largest absolute Gasteiger partial charge is 0.374 e. The van der Waals surface area contributed by atoms with E-state index in [0.29, 0.717) is 11.8 Å². The van der Waals surface area contributed by atoms with E-state index in [1.165, 1.54) is 12.1 Å². The number of alkyl halides is 1. The zero-order valence-corrected chi connectivity index (χ0v) is 11.4. The monoisotopic (exact) mass is 240 g/mol. The van der Waals surface area contributed by atoms with Gasteiger partial charge < -0.3 is 4.90 Å². The smallest absolute Gasteiger partial charge is 0.0509 e. The van der Waals surface area contributed by atoms with Crippen LogP contribution in [-0.4, -0.2) is 18.6 Å². The van der Waals surface area contributed by atoms with Crippen LogP contribution in [0.5, 0.6) is 0 Å². The van der Waals surface area contributed by atoms with Gasteiger partial charge in [-0.2, -0.15) is 0 Å². The Morgan fingerprint density at radius 2 is 2.19 bits per heavy atom. The Morgan fingerprint density at radius 1 is 1.50 bits per heavy atom. The van der Waals surface area contributed by atoms with Gasteiger partial charge in [0.2, 0.25) is 0 Å². The SMILES string of the molecule is CCC(C)CN(C)c1cc(C)ncc1CCl. The van der Waals surface area contributed by atoms with Gasteiger partial charge in [-0.1, -0.05) is 20.3 Å². The molecule has 16 heavy (non-hydrogen) atoms. The van der Waals surface area contributed by atoms with E-state index in [2.05, 4.69) is 36.8 Å². The second-order valence-electron chi connectivity index (χ2n) is 4.48. The minimum Gasteiger partial charge on any atom is -0.374 e. The van der Waals surface area contributed by atoms with Gasteiger partial charge in [-0.05, 0) is 18.9 Å². The van der Waals surface area contributed by atoms with E-state index >= 15 is 0 Å². The summed E-state index contributed by atoms with van der Waals surface area (Å²) in [6, 6.07) is 2.11. The molecule has 1 aromatic rings. The molecule has 1 atom stereocenters. The predicted molar refractivity (Wildman–Crippen MR) is 71.3 cm³/mol. The standard InChI is InChI=1S/C13H21ClN2/c1-5-10(2)9-16(4)13-6-11(3)15-8-12(13)7-14/h6,8,10H,5,7,9H2,1-4H3. The highest BCUT2D eigenvalue weighted by Gasteiger charge is 2.10. The van der Waals surface area contributed by atoms with E-state index in [-0.39, 0.29) is 0 Å². The Labute approximate surface area is 104 Å². The molecular formula is C13H21ClN2. The summed E-state index contributed by atoms with van der Waals surface area (Å²) in [6.07, 6.45) is 3.08. The summed E-state index contributed by atoms with van der Waals surface area (Å²) in [5.74, 6) is 1.22. The normalized spacial score (nSPS) is 12.6. The molecule has 1 unspecified atom stereocenters. The number of rotatable bonds is 5. The van der Waals surface area contributed by atoms with Crippen LogP contribution in [0.25, 0.3) is 0 Å². The van der Waals surface area contributed by atoms with Crippen LogP contribution in [0, 0.1) is 12.8 Å². The highest BCUT2D eigenvalue weighted by atomic mass is 35.5. The van der Waals surface area contributed by atoms with E-state index in [9.17, 15) is 0 Å². The maximum absolute atomic E-state index is 5.93. The molecule has 2 nitrogen and oxygen atoms in total. The van der Waals surface area contributed by atoms with Crippen molar-refractivity contribution < 1.29 is 0 Å². The average Bonchev–Trinajstić information content (AvgIpc) is 2.28. The van der Waals surface area contributed by atoms with Crippen molar-refractivity contribution in [2.75, 3.05) is 18.5 Å². The summed E-state index contributed by atoms with van der Waals surface area (Å²) in [5.41, 5.74) is 3.36. The third-order valence-corrected chi connectivity index (χ3v) is 3.22. The summed E-state index contributed by atoms with van der Waals surface area (Å²) in [6.45, 7) is 7.56. The highest BCUT2D eigenvalue weighted by Crippen LogP contribution is 2.22. The lowest BCUT2D eigenvalue weighted by Gasteiger charge is -2.25. The molecule has 0 saturated heterocycles. The Kier molecular flexibility index (Phi) is 5.07. The first-order valence-corrected chi connectivity index (χ1v) is 6.34. The maximum Gasteiger partial charge on any atom is 0.0509 e. The van der Waals surface area contributed by atoms with Crippen molar-refractivity contribution >= 4 is 17.3 Å². The fraction of sp³-hybridized carbons (Fsp3) is 0.615. The minimum absolute atomic E-state index is 0.521. The maximum atomic E-state index is 5.93. The molecular weight excluding hydrogens is 220 g/mol. The molecule has 0 bridgehead atoms. The van der Waals surface area contributed by atoms with Gasteiger partial charge in [0.15, 0.2) is 0 Å².